The molecule has 6 heteroatoms. The molecule has 0 amide bonds. The molecule has 0 aliphatic heterocycles. The van der Waals surface area contributed by atoms with Crippen LogP contribution in [-0.4, -0.2) is 26.7 Å². The Morgan fingerprint density at radius 3 is 2.42 bits per heavy atom. The Balaban J connectivity index is 1.77. The van der Waals surface area contributed by atoms with E-state index in [-0.39, 0.29) is 11.5 Å². The molecule has 2 aromatic rings. The van der Waals surface area contributed by atoms with Crippen LogP contribution >= 0.6 is 0 Å². The standard InChI is InChI=1S/C18H23N3O2S/c1-15-8-10-17(11-9-15)21-18(19)20-12-5-13-24(22,23)14-16-6-3-2-4-7-16/h2-4,6-11H,5,12-14H2,1H3,(H3,19,20,21). The Morgan fingerprint density at radius 1 is 1.08 bits per heavy atom. The zero-order valence-electron chi connectivity index (χ0n) is 13.8. The molecule has 0 heterocycles. The van der Waals surface area contributed by atoms with Gasteiger partial charge in [-0.15, -0.1) is 0 Å². The van der Waals surface area contributed by atoms with Crippen LogP contribution in [0.1, 0.15) is 17.5 Å². The van der Waals surface area contributed by atoms with Crippen molar-refractivity contribution in [1.82, 2.24) is 0 Å². The highest BCUT2D eigenvalue weighted by atomic mass is 32.2. The minimum absolute atomic E-state index is 0.0641. The van der Waals surface area contributed by atoms with Gasteiger partial charge in [0.05, 0.1) is 11.5 Å². The van der Waals surface area contributed by atoms with Crippen molar-refractivity contribution in [2.24, 2.45) is 10.7 Å². The number of nitrogens with two attached hydrogens (primary N) is 1. The largest absolute Gasteiger partial charge is 0.370 e. The van der Waals surface area contributed by atoms with E-state index in [0.29, 0.717) is 18.9 Å². The van der Waals surface area contributed by atoms with Crippen molar-refractivity contribution in [2.75, 3.05) is 17.6 Å². The Kier molecular flexibility index (Phi) is 6.37. The number of nitrogens with one attached hydrogen (secondary N) is 1. The van der Waals surface area contributed by atoms with Crippen molar-refractivity contribution in [3.63, 3.8) is 0 Å². The quantitative estimate of drug-likeness (QED) is 0.459. The minimum Gasteiger partial charge on any atom is -0.370 e. The number of anilines is 1. The monoisotopic (exact) mass is 345 g/mol. The zero-order chi connectivity index (χ0) is 17.4. The van der Waals surface area contributed by atoms with Crippen LogP contribution in [0.25, 0.3) is 0 Å². The van der Waals surface area contributed by atoms with Gasteiger partial charge in [0.25, 0.3) is 0 Å². The molecule has 0 fully saturated rings. The van der Waals surface area contributed by atoms with Crippen LogP contribution in [-0.2, 0) is 15.6 Å². The molecule has 0 bridgehead atoms. The van der Waals surface area contributed by atoms with Crippen molar-refractivity contribution in [3.05, 3.63) is 65.7 Å². The molecule has 128 valence electrons. The Hall–Kier alpha value is -2.34. The van der Waals surface area contributed by atoms with Gasteiger partial charge in [-0.2, -0.15) is 0 Å². The number of aryl methyl sites for hydroxylation is 1. The maximum Gasteiger partial charge on any atom is 0.193 e. The van der Waals surface area contributed by atoms with Gasteiger partial charge in [-0.25, -0.2) is 8.42 Å². The average Bonchev–Trinajstić information content (AvgIpc) is 2.54. The summed E-state index contributed by atoms with van der Waals surface area (Å²) in [6.07, 6.45) is 0.450. The first-order chi connectivity index (χ1) is 11.4. The van der Waals surface area contributed by atoms with Crippen molar-refractivity contribution < 1.29 is 8.42 Å². The van der Waals surface area contributed by atoms with Crippen molar-refractivity contribution in [3.8, 4) is 0 Å². The average molecular weight is 345 g/mol. The number of hydrogen-bond acceptors (Lipinski definition) is 3. The third-order valence-corrected chi connectivity index (χ3v) is 5.13. The molecule has 0 saturated heterocycles. The fraction of sp³-hybridized carbons (Fsp3) is 0.278. The highest BCUT2D eigenvalue weighted by Gasteiger charge is 2.11. The number of benzene rings is 2. The van der Waals surface area contributed by atoms with Gasteiger partial charge in [0.15, 0.2) is 15.8 Å². The summed E-state index contributed by atoms with van der Waals surface area (Å²) in [5.74, 6) is 0.456. The molecular weight excluding hydrogens is 322 g/mol. The number of guanidine groups is 1. The van der Waals surface area contributed by atoms with Crippen molar-refractivity contribution in [1.29, 1.82) is 0 Å². The number of sulfone groups is 1. The van der Waals surface area contributed by atoms with Gasteiger partial charge < -0.3 is 11.1 Å². The summed E-state index contributed by atoms with van der Waals surface area (Å²) in [6, 6.07) is 17.0. The molecule has 5 nitrogen and oxygen atoms in total. The number of nitrogens with zero attached hydrogens (tertiary/aromatic N) is 1. The van der Waals surface area contributed by atoms with Gasteiger partial charge >= 0.3 is 0 Å². The lowest BCUT2D eigenvalue weighted by molar-refractivity contribution is 0.593. The second-order valence-corrected chi connectivity index (χ2v) is 7.87. The predicted molar refractivity (Wildman–Crippen MR) is 99.8 cm³/mol. The van der Waals surface area contributed by atoms with E-state index >= 15 is 0 Å². The summed E-state index contributed by atoms with van der Waals surface area (Å²) in [7, 11) is -3.13. The molecule has 0 unspecified atom stereocenters. The van der Waals surface area contributed by atoms with Crippen LogP contribution in [0.2, 0.25) is 0 Å². The lowest BCUT2D eigenvalue weighted by Gasteiger charge is -2.06. The van der Waals surface area contributed by atoms with Crippen LogP contribution < -0.4 is 11.1 Å². The van der Waals surface area contributed by atoms with E-state index < -0.39 is 9.84 Å². The van der Waals surface area contributed by atoms with Crippen molar-refractivity contribution >= 4 is 21.5 Å². The molecule has 0 aliphatic carbocycles. The Morgan fingerprint density at radius 2 is 1.75 bits per heavy atom. The SMILES string of the molecule is Cc1ccc(NC(N)=NCCCS(=O)(=O)Cc2ccccc2)cc1. The molecule has 2 aromatic carbocycles. The topological polar surface area (TPSA) is 84.5 Å². The molecule has 0 aromatic heterocycles. The molecule has 0 saturated carbocycles. The van der Waals surface area contributed by atoms with Crippen LogP contribution in [0.3, 0.4) is 0 Å². The number of aliphatic imine (C=N–C) groups is 1. The highest BCUT2D eigenvalue weighted by molar-refractivity contribution is 7.90. The third kappa shape index (κ3) is 6.42. The fourth-order valence-electron chi connectivity index (χ4n) is 2.21. The molecule has 0 aliphatic rings. The fourth-order valence-corrected chi connectivity index (χ4v) is 3.62. The second-order valence-electron chi connectivity index (χ2n) is 5.69. The third-order valence-electron chi connectivity index (χ3n) is 3.45. The first kappa shape index (κ1) is 18.0. The first-order valence-corrected chi connectivity index (χ1v) is 9.65. The van der Waals surface area contributed by atoms with E-state index in [1.54, 1.807) is 0 Å². The van der Waals surface area contributed by atoms with E-state index in [0.717, 1.165) is 11.3 Å². The molecule has 24 heavy (non-hydrogen) atoms. The second kappa shape index (κ2) is 8.49. The van der Waals surface area contributed by atoms with Crippen molar-refractivity contribution in [2.45, 2.75) is 19.1 Å². The summed E-state index contributed by atoms with van der Waals surface area (Å²) < 4.78 is 24.1. The minimum atomic E-state index is -3.13. The first-order valence-electron chi connectivity index (χ1n) is 7.82. The lowest BCUT2D eigenvalue weighted by Crippen LogP contribution is -2.23. The van der Waals surface area contributed by atoms with Gasteiger partial charge in [0.1, 0.15) is 0 Å². The van der Waals surface area contributed by atoms with E-state index in [9.17, 15) is 8.42 Å². The Labute approximate surface area is 143 Å². The summed E-state index contributed by atoms with van der Waals surface area (Å²) in [5.41, 5.74) is 8.64. The maximum absolute atomic E-state index is 12.1. The molecule has 0 radical (unpaired) electrons. The molecular formula is C18H23N3O2S. The summed E-state index contributed by atoms with van der Waals surface area (Å²) in [5, 5.41) is 2.98. The van der Waals surface area contributed by atoms with Gasteiger partial charge in [-0.05, 0) is 31.0 Å². The smallest absolute Gasteiger partial charge is 0.193 e. The van der Waals surface area contributed by atoms with Crippen LogP contribution in [0.4, 0.5) is 5.69 Å². The molecule has 2 rings (SSSR count). The van der Waals surface area contributed by atoms with Gasteiger partial charge in [-0.3, -0.25) is 4.99 Å². The summed E-state index contributed by atoms with van der Waals surface area (Å²) >= 11 is 0. The van der Waals surface area contributed by atoms with E-state index in [4.69, 9.17) is 5.73 Å². The Bertz CT molecular complexity index is 770. The van der Waals surface area contributed by atoms with Crippen LogP contribution in [0.5, 0.6) is 0 Å². The summed E-state index contributed by atoms with van der Waals surface area (Å²) in [4.78, 5) is 4.17. The molecule has 3 N–H and O–H groups in total. The van der Waals surface area contributed by atoms with Crippen LogP contribution in [0.15, 0.2) is 59.6 Å². The van der Waals surface area contributed by atoms with E-state index in [1.807, 2.05) is 61.5 Å². The maximum atomic E-state index is 12.1. The van der Waals surface area contributed by atoms with Gasteiger partial charge in [0.2, 0.25) is 0 Å². The number of hydrogen-bond donors (Lipinski definition) is 2. The molecule has 0 spiro atoms. The van der Waals surface area contributed by atoms with E-state index in [2.05, 4.69) is 10.3 Å². The highest BCUT2D eigenvalue weighted by Crippen LogP contribution is 2.09. The van der Waals surface area contributed by atoms with Crippen LogP contribution in [0, 0.1) is 6.92 Å². The molecule has 0 atom stereocenters. The number of rotatable bonds is 7. The van der Waals surface area contributed by atoms with Gasteiger partial charge in [-0.1, -0.05) is 48.0 Å². The van der Waals surface area contributed by atoms with Gasteiger partial charge in [0, 0.05) is 12.2 Å². The summed E-state index contributed by atoms with van der Waals surface area (Å²) in [6.45, 7) is 2.38. The lowest BCUT2D eigenvalue weighted by atomic mass is 10.2. The van der Waals surface area contributed by atoms with E-state index in [1.165, 1.54) is 5.56 Å². The normalized spacial score (nSPS) is 12.1. The predicted octanol–water partition coefficient (Wildman–Crippen LogP) is 2.73. The zero-order valence-corrected chi connectivity index (χ0v) is 14.6.